The second-order valence-electron chi connectivity index (χ2n) is 5.72. The molecule has 1 aliphatic carbocycles. The molecule has 18 heavy (non-hydrogen) atoms. The van der Waals surface area contributed by atoms with Crippen LogP contribution in [0.5, 0.6) is 0 Å². The fourth-order valence-electron chi connectivity index (χ4n) is 1.83. The average Bonchev–Trinajstić information content (AvgIpc) is 2.37. The van der Waals surface area contributed by atoms with E-state index in [1.54, 1.807) is 0 Å². The van der Waals surface area contributed by atoms with Gasteiger partial charge in [-0.25, -0.2) is 0 Å². The van der Waals surface area contributed by atoms with Crippen molar-refractivity contribution in [3.8, 4) is 11.5 Å². The molecule has 0 aromatic heterocycles. The van der Waals surface area contributed by atoms with Crippen LogP contribution < -0.4 is 0 Å². The zero-order chi connectivity index (χ0) is 13.0. The maximum Gasteiger partial charge on any atom is 0.129 e. The molecule has 0 nitrogen and oxygen atoms in total. The van der Waals surface area contributed by atoms with Gasteiger partial charge in [0.05, 0.1) is 0 Å². The molecule has 0 atom stereocenters. The van der Waals surface area contributed by atoms with Gasteiger partial charge in [0.25, 0.3) is 0 Å². The first-order valence-corrected chi connectivity index (χ1v) is 10.0. The van der Waals surface area contributed by atoms with Crippen LogP contribution in [-0.2, 0) is 0 Å². The van der Waals surface area contributed by atoms with Crippen molar-refractivity contribution in [3.63, 3.8) is 0 Å². The van der Waals surface area contributed by atoms with Crippen molar-refractivity contribution < 1.29 is 0 Å². The Bertz CT molecular complexity index is 528. The summed E-state index contributed by atoms with van der Waals surface area (Å²) in [5.41, 5.74) is 7.16. The molecule has 0 radical (unpaired) electrons. The number of benzene rings is 1. The Kier molecular flexibility index (Phi) is 3.89. The summed E-state index contributed by atoms with van der Waals surface area (Å²) < 4.78 is 0. The van der Waals surface area contributed by atoms with Crippen LogP contribution in [0, 0.1) is 11.5 Å². The van der Waals surface area contributed by atoms with E-state index in [-0.39, 0.29) is 0 Å². The van der Waals surface area contributed by atoms with Gasteiger partial charge in [0, 0.05) is 5.56 Å². The van der Waals surface area contributed by atoms with Crippen molar-refractivity contribution in [3.05, 3.63) is 53.6 Å². The van der Waals surface area contributed by atoms with Gasteiger partial charge in [-0.3, -0.25) is 0 Å². The highest BCUT2D eigenvalue weighted by atomic mass is 28.3. The van der Waals surface area contributed by atoms with E-state index >= 15 is 0 Å². The molecule has 0 fully saturated rings. The number of rotatable bonds is 1. The Morgan fingerprint density at radius 1 is 1.00 bits per heavy atom. The molecule has 0 unspecified atom stereocenters. The van der Waals surface area contributed by atoms with Crippen molar-refractivity contribution in [1.29, 1.82) is 0 Å². The summed E-state index contributed by atoms with van der Waals surface area (Å²) in [4.78, 5) is 0. The fraction of sp³-hybridized carbons (Fsp3) is 0.294. The topological polar surface area (TPSA) is 0 Å². The van der Waals surface area contributed by atoms with Gasteiger partial charge in [-0.05, 0) is 36.1 Å². The number of hydrogen-bond donors (Lipinski definition) is 0. The van der Waals surface area contributed by atoms with Crippen molar-refractivity contribution in [2.24, 2.45) is 0 Å². The van der Waals surface area contributed by atoms with E-state index in [1.165, 1.54) is 17.6 Å². The maximum absolute atomic E-state index is 3.40. The zero-order valence-corrected chi connectivity index (χ0v) is 12.5. The Labute approximate surface area is 111 Å². The van der Waals surface area contributed by atoms with E-state index in [9.17, 15) is 0 Å². The quantitative estimate of drug-likeness (QED) is 0.504. The van der Waals surface area contributed by atoms with Gasteiger partial charge >= 0.3 is 0 Å². The van der Waals surface area contributed by atoms with Gasteiger partial charge in [0.15, 0.2) is 0 Å². The molecule has 0 heterocycles. The molecule has 0 bridgehead atoms. The van der Waals surface area contributed by atoms with Crippen molar-refractivity contribution >= 4 is 13.6 Å². The smallest absolute Gasteiger partial charge is 0.127 e. The molecule has 92 valence electrons. The first-order chi connectivity index (χ1) is 8.54. The van der Waals surface area contributed by atoms with E-state index in [2.05, 4.69) is 73.6 Å². The molecule has 1 aliphatic rings. The summed E-state index contributed by atoms with van der Waals surface area (Å²) in [5.74, 6) is 3.29. The minimum absolute atomic E-state index is 1.13. The highest BCUT2D eigenvalue weighted by Gasteiger charge is 2.07. The predicted octanol–water partition coefficient (Wildman–Crippen LogP) is 4.65. The molecule has 1 heteroatoms. The third-order valence-corrected chi connectivity index (χ3v) is 3.67. The van der Waals surface area contributed by atoms with Gasteiger partial charge in [0.2, 0.25) is 0 Å². The summed E-state index contributed by atoms with van der Waals surface area (Å²) in [7, 11) is -1.27. The summed E-state index contributed by atoms with van der Waals surface area (Å²) in [5, 5.41) is 0. The average molecular weight is 252 g/mol. The van der Waals surface area contributed by atoms with E-state index in [1.807, 2.05) is 0 Å². The molecule has 0 amide bonds. The lowest BCUT2D eigenvalue weighted by Gasteiger charge is -2.07. The predicted molar refractivity (Wildman–Crippen MR) is 83.0 cm³/mol. The first-order valence-electron chi connectivity index (χ1n) is 6.55. The van der Waals surface area contributed by atoms with Crippen LogP contribution in [0.3, 0.4) is 0 Å². The summed E-state index contributed by atoms with van der Waals surface area (Å²) in [6.07, 6.45) is 9.09. The lowest BCUT2D eigenvalue weighted by molar-refractivity contribution is 1.04. The van der Waals surface area contributed by atoms with E-state index in [4.69, 9.17) is 0 Å². The molecule has 0 saturated heterocycles. The number of hydrogen-bond acceptors (Lipinski definition) is 0. The zero-order valence-electron chi connectivity index (χ0n) is 11.5. The second-order valence-corrected chi connectivity index (χ2v) is 10.5. The normalized spacial score (nSPS) is 14.7. The highest BCUT2D eigenvalue weighted by molar-refractivity contribution is 6.83. The molecule has 0 N–H and O–H groups in total. The lowest BCUT2D eigenvalue weighted by Crippen LogP contribution is -2.16. The second kappa shape index (κ2) is 5.41. The van der Waals surface area contributed by atoms with E-state index in [0.717, 1.165) is 12.0 Å². The molecule has 2 rings (SSSR count). The van der Waals surface area contributed by atoms with Crippen molar-refractivity contribution in [1.82, 2.24) is 0 Å². The molecule has 0 saturated carbocycles. The SMILES string of the molecule is C[Si](C)(C)C#Cc1ccc(C2=CCCC=C2)cc1. The lowest BCUT2D eigenvalue weighted by atomic mass is 9.99. The minimum atomic E-state index is -1.27. The van der Waals surface area contributed by atoms with E-state index < -0.39 is 8.07 Å². The van der Waals surface area contributed by atoms with Gasteiger partial charge in [-0.15, -0.1) is 5.54 Å². The maximum atomic E-state index is 3.40. The molecule has 1 aromatic carbocycles. The molecule has 0 aliphatic heterocycles. The van der Waals surface area contributed by atoms with E-state index in [0.29, 0.717) is 0 Å². The Morgan fingerprint density at radius 2 is 1.72 bits per heavy atom. The fourth-order valence-corrected chi connectivity index (χ4v) is 2.35. The summed E-state index contributed by atoms with van der Waals surface area (Å²) in [6, 6.07) is 8.61. The Hall–Kier alpha value is -1.52. The van der Waals surface area contributed by atoms with Crippen LogP contribution in [0.1, 0.15) is 24.0 Å². The highest BCUT2D eigenvalue weighted by Crippen LogP contribution is 2.21. The van der Waals surface area contributed by atoms with Gasteiger partial charge in [0.1, 0.15) is 8.07 Å². The molecular formula is C17H20Si. The minimum Gasteiger partial charge on any atom is -0.127 e. The van der Waals surface area contributed by atoms with Crippen LogP contribution in [0.15, 0.2) is 42.5 Å². The van der Waals surface area contributed by atoms with Crippen LogP contribution in [-0.4, -0.2) is 8.07 Å². The Morgan fingerprint density at radius 3 is 2.28 bits per heavy atom. The third kappa shape index (κ3) is 3.75. The van der Waals surface area contributed by atoms with Crippen LogP contribution in [0.2, 0.25) is 19.6 Å². The van der Waals surface area contributed by atoms with Crippen LogP contribution in [0.25, 0.3) is 5.57 Å². The van der Waals surface area contributed by atoms with Crippen LogP contribution in [0.4, 0.5) is 0 Å². The van der Waals surface area contributed by atoms with Gasteiger partial charge in [-0.2, -0.15) is 0 Å². The first kappa shape index (κ1) is 12.9. The summed E-state index contributed by atoms with van der Waals surface area (Å²) in [6.45, 7) is 6.81. The standard InChI is InChI=1S/C17H20Si/c1-18(2,3)14-13-15-9-11-17(12-10-15)16-7-5-4-6-8-16/h5,7-12H,4,6H2,1-3H3. The molecule has 1 aromatic rings. The molecular weight excluding hydrogens is 232 g/mol. The van der Waals surface area contributed by atoms with Gasteiger partial charge < -0.3 is 0 Å². The summed E-state index contributed by atoms with van der Waals surface area (Å²) >= 11 is 0. The Balaban J connectivity index is 2.17. The molecule has 0 spiro atoms. The monoisotopic (exact) mass is 252 g/mol. The van der Waals surface area contributed by atoms with Crippen LogP contribution >= 0.6 is 0 Å². The number of allylic oxidation sites excluding steroid dienone is 4. The van der Waals surface area contributed by atoms with Crippen molar-refractivity contribution in [2.45, 2.75) is 32.5 Å². The van der Waals surface area contributed by atoms with Gasteiger partial charge in [-0.1, -0.05) is 55.9 Å². The largest absolute Gasteiger partial charge is 0.129 e. The van der Waals surface area contributed by atoms with Crippen molar-refractivity contribution in [2.75, 3.05) is 0 Å². The third-order valence-electron chi connectivity index (χ3n) is 2.80.